The number of nitrogens with one attached hydrogen (secondary N) is 1. The quantitative estimate of drug-likeness (QED) is 0.866. The van der Waals surface area contributed by atoms with Crippen molar-refractivity contribution in [1.82, 2.24) is 8.61 Å². The van der Waals surface area contributed by atoms with Crippen LogP contribution in [0.4, 0.5) is 5.69 Å². The van der Waals surface area contributed by atoms with Crippen molar-refractivity contribution in [2.45, 2.75) is 30.7 Å². The van der Waals surface area contributed by atoms with Crippen LogP contribution in [0.1, 0.15) is 36.4 Å². The molecule has 3 aliphatic rings. The lowest BCUT2D eigenvalue weighted by Gasteiger charge is -2.35. The van der Waals surface area contributed by atoms with E-state index in [1.807, 2.05) is 54.6 Å². The Kier molecular flexibility index (Phi) is 4.08. The van der Waals surface area contributed by atoms with E-state index in [9.17, 15) is 13.2 Å². The molecule has 5 rings (SSSR count). The van der Waals surface area contributed by atoms with Gasteiger partial charge in [0, 0.05) is 25.3 Å². The summed E-state index contributed by atoms with van der Waals surface area (Å²) >= 11 is 0. The van der Waals surface area contributed by atoms with Crippen molar-refractivity contribution < 1.29 is 13.2 Å². The fraction of sp³-hybridized carbons (Fsp3) is 0.381. The zero-order chi connectivity index (χ0) is 19.4. The molecule has 1 N–H and O–H groups in total. The highest BCUT2D eigenvalue weighted by Gasteiger charge is 2.61. The molecule has 0 bridgehead atoms. The van der Waals surface area contributed by atoms with Crippen molar-refractivity contribution in [3.63, 3.8) is 0 Å². The fourth-order valence-electron chi connectivity index (χ4n) is 5.06. The van der Waals surface area contributed by atoms with Crippen LogP contribution in [0.15, 0.2) is 54.6 Å². The monoisotopic (exact) mass is 397 g/mol. The number of hydrogen-bond donors (Lipinski definition) is 1. The first-order valence-corrected chi connectivity index (χ1v) is 11.2. The van der Waals surface area contributed by atoms with Gasteiger partial charge in [-0.05, 0) is 36.5 Å². The molecule has 3 heterocycles. The Hall–Kier alpha value is -2.22. The summed E-state index contributed by atoms with van der Waals surface area (Å²) in [4.78, 5) is 13.3. The zero-order valence-electron chi connectivity index (χ0n) is 15.5. The maximum absolute atomic E-state index is 13.5. The maximum Gasteiger partial charge on any atom is 0.282 e. The first-order valence-electron chi connectivity index (χ1n) is 9.78. The van der Waals surface area contributed by atoms with Crippen molar-refractivity contribution in [1.29, 1.82) is 0 Å². The molecule has 146 valence electrons. The predicted octanol–water partition coefficient (Wildman–Crippen LogP) is 2.66. The number of para-hydroxylation sites is 1. The Morgan fingerprint density at radius 3 is 2.36 bits per heavy atom. The SMILES string of the molecule is O=C1Nc2ccccc2[C@@]12CCN(S(=O)(=O)N1CCCC1)[C@H]2c1ccccc1. The van der Waals surface area contributed by atoms with E-state index >= 15 is 0 Å². The number of rotatable bonds is 3. The van der Waals surface area contributed by atoms with Crippen molar-refractivity contribution in [2.24, 2.45) is 0 Å². The van der Waals surface area contributed by atoms with Gasteiger partial charge in [-0.1, -0.05) is 48.5 Å². The minimum absolute atomic E-state index is 0.110. The van der Waals surface area contributed by atoms with E-state index in [0.717, 1.165) is 29.7 Å². The van der Waals surface area contributed by atoms with Crippen LogP contribution >= 0.6 is 0 Å². The molecule has 2 fully saturated rings. The van der Waals surface area contributed by atoms with E-state index in [-0.39, 0.29) is 5.91 Å². The van der Waals surface area contributed by atoms with E-state index in [1.54, 1.807) is 8.61 Å². The summed E-state index contributed by atoms with van der Waals surface area (Å²) in [6.45, 7) is 1.44. The third-order valence-corrected chi connectivity index (χ3v) is 8.35. The Labute approximate surface area is 165 Å². The summed E-state index contributed by atoms with van der Waals surface area (Å²) in [7, 11) is -3.64. The van der Waals surface area contributed by atoms with Crippen LogP contribution in [0, 0.1) is 0 Å². The lowest BCUT2D eigenvalue weighted by Crippen LogP contribution is -2.46. The van der Waals surface area contributed by atoms with Gasteiger partial charge in [-0.15, -0.1) is 0 Å². The highest BCUT2D eigenvalue weighted by Crippen LogP contribution is 2.55. The van der Waals surface area contributed by atoms with Crippen LogP contribution in [0.25, 0.3) is 0 Å². The second kappa shape index (κ2) is 6.40. The number of carbonyl (C=O) groups excluding carboxylic acids is 1. The molecule has 0 saturated carbocycles. The third-order valence-electron chi connectivity index (χ3n) is 6.35. The summed E-state index contributed by atoms with van der Waals surface area (Å²) in [5.41, 5.74) is 1.64. The summed E-state index contributed by atoms with van der Waals surface area (Å²) in [6, 6.07) is 16.7. The smallest absolute Gasteiger partial charge is 0.282 e. The van der Waals surface area contributed by atoms with Crippen molar-refractivity contribution in [3.8, 4) is 0 Å². The first-order chi connectivity index (χ1) is 13.5. The fourth-order valence-corrected chi connectivity index (χ4v) is 6.96. The molecule has 6 nitrogen and oxygen atoms in total. The summed E-state index contributed by atoms with van der Waals surface area (Å²) in [5, 5.41) is 3.00. The lowest BCUT2D eigenvalue weighted by atomic mass is 9.73. The van der Waals surface area contributed by atoms with E-state index in [2.05, 4.69) is 5.32 Å². The molecule has 2 saturated heterocycles. The number of fused-ring (bicyclic) bond motifs is 2. The molecule has 1 spiro atoms. The van der Waals surface area contributed by atoms with E-state index < -0.39 is 21.7 Å². The molecule has 0 radical (unpaired) electrons. The van der Waals surface area contributed by atoms with Gasteiger partial charge in [0.1, 0.15) is 0 Å². The maximum atomic E-state index is 13.5. The predicted molar refractivity (Wildman–Crippen MR) is 107 cm³/mol. The van der Waals surface area contributed by atoms with Crippen LogP contribution in [0.3, 0.4) is 0 Å². The molecule has 7 heteroatoms. The number of nitrogens with zero attached hydrogens (tertiary/aromatic N) is 2. The highest BCUT2D eigenvalue weighted by molar-refractivity contribution is 7.86. The second-order valence-electron chi connectivity index (χ2n) is 7.76. The van der Waals surface area contributed by atoms with E-state index in [1.165, 1.54) is 0 Å². The van der Waals surface area contributed by atoms with Gasteiger partial charge in [0.2, 0.25) is 5.91 Å². The van der Waals surface area contributed by atoms with Crippen molar-refractivity contribution in [2.75, 3.05) is 25.0 Å². The number of amides is 1. The van der Waals surface area contributed by atoms with E-state index in [0.29, 0.717) is 26.1 Å². The topological polar surface area (TPSA) is 69.7 Å². The molecule has 0 aromatic heterocycles. The summed E-state index contributed by atoms with van der Waals surface area (Å²) in [5.74, 6) is -0.110. The lowest BCUT2D eigenvalue weighted by molar-refractivity contribution is -0.121. The number of benzene rings is 2. The zero-order valence-corrected chi connectivity index (χ0v) is 16.4. The minimum Gasteiger partial charge on any atom is -0.325 e. The standard InChI is InChI=1S/C21H23N3O3S/c25-20-21(17-10-4-5-11-18(17)22-20)12-15-24(19(21)16-8-2-1-3-9-16)28(26,27)23-13-6-7-14-23/h1-5,8-11,19H,6-7,12-15H2,(H,22,25)/t19-,21+/m0/s1. The molecule has 1 amide bonds. The third kappa shape index (κ3) is 2.40. The molecular weight excluding hydrogens is 374 g/mol. The van der Waals surface area contributed by atoms with Crippen molar-refractivity contribution >= 4 is 21.8 Å². The van der Waals surface area contributed by atoms with Gasteiger partial charge in [-0.3, -0.25) is 4.79 Å². The minimum atomic E-state index is -3.64. The van der Waals surface area contributed by atoms with Crippen LogP contribution in [-0.4, -0.2) is 42.6 Å². The molecule has 2 atom stereocenters. The molecule has 2 aromatic carbocycles. The van der Waals surface area contributed by atoms with Gasteiger partial charge in [-0.25, -0.2) is 0 Å². The molecule has 0 unspecified atom stereocenters. The Morgan fingerprint density at radius 2 is 1.61 bits per heavy atom. The molecule has 28 heavy (non-hydrogen) atoms. The number of anilines is 1. The van der Waals surface area contributed by atoms with Crippen LogP contribution in [0.5, 0.6) is 0 Å². The molecular formula is C21H23N3O3S. The Morgan fingerprint density at radius 1 is 0.929 bits per heavy atom. The van der Waals surface area contributed by atoms with Crippen molar-refractivity contribution in [3.05, 3.63) is 65.7 Å². The van der Waals surface area contributed by atoms with Crippen LogP contribution < -0.4 is 5.32 Å². The van der Waals surface area contributed by atoms with Gasteiger partial charge < -0.3 is 5.32 Å². The van der Waals surface area contributed by atoms with E-state index in [4.69, 9.17) is 0 Å². The molecule has 0 aliphatic carbocycles. The highest BCUT2D eigenvalue weighted by atomic mass is 32.2. The Balaban J connectivity index is 1.69. The van der Waals surface area contributed by atoms with Gasteiger partial charge >= 0.3 is 0 Å². The summed E-state index contributed by atoms with van der Waals surface area (Å²) < 4.78 is 30.1. The van der Waals surface area contributed by atoms with Gasteiger partial charge in [0.25, 0.3) is 10.2 Å². The molecule has 2 aromatic rings. The van der Waals surface area contributed by atoms with Crippen LogP contribution in [0.2, 0.25) is 0 Å². The van der Waals surface area contributed by atoms with Gasteiger partial charge in [-0.2, -0.15) is 17.0 Å². The average molecular weight is 398 g/mol. The largest absolute Gasteiger partial charge is 0.325 e. The molecule has 3 aliphatic heterocycles. The number of hydrogen-bond acceptors (Lipinski definition) is 3. The van der Waals surface area contributed by atoms with Gasteiger partial charge in [0.05, 0.1) is 11.5 Å². The van der Waals surface area contributed by atoms with Gasteiger partial charge in [0.15, 0.2) is 0 Å². The number of carbonyl (C=O) groups is 1. The average Bonchev–Trinajstić information content (AvgIpc) is 3.43. The first kappa shape index (κ1) is 17.8. The van der Waals surface area contributed by atoms with Crippen LogP contribution in [-0.2, 0) is 20.4 Å². The Bertz CT molecular complexity index is 1020. The normalized spacial score (nSPS) is 28.0. The summed E-state index contributed by atoms with van der Waals surface area (Å²) in [6.07, 6.45) is 2.25. The second-order valence-corrected chi connectivity index (χ2v) is 9.64.